The van der Waals surface area contributed by atoms with Crippen molar-refractivity contribution in [2.75, 3.05) is 0 Å². The molecule has 1 unspecified atom stereocenters. The normalized spacial score (nSPS) is 15.2. The summed E-state index contributed by atoms with van der Waals surface area (Å²) in [4.78, 5) is 0. The Bertz CT molecular complexity index is 115. The zero-order valence-electron chi connectivity index (χ0n) is 7.91. The molecule has 0 N–H and O–H groups in total. The molecule has 0 radical (unpaired) electrons. The van der Waals surface area contributed by atoms with Crippen LogP contribution >= 0.6 is 0 Å². The van der Waals surface area contributed by atoms with Crippen molar-refractivity contribution in [1.29, 1.82) is 0 Å². The van der Waals surface area contributed by atoms with E-state index in [2.05, 4.69) is 0 Å². The van der Waals surface area contributed by atoms with Crippen LogP contribution in [0.5, 0.6) is 0 Å². The molecular weight excluding hydrogens is 165 g/mol. The molecule has 0 aromatic heterocycles. The van der Waals surface area contributed by atoms with Crippen molar-refractivity contribution in [3.63, 3.8) is 0 Å². The third-order valence-electron chi connectivity index (χ3n) is 1.98. The number of halogens is 3. The predicted molar refractivity (Wildman–Crippen MR) is 43.9 cm³/mol. The molecule has 3 heteroatoms. The van der Waals surface area contributed by atoms with Crippen LogP contribution in [0.25, 0.3) is 0 Å². The van der Waals surface area contributed by atoms with Crippen molar-refractivity contribution in [3.05, 3.63) is 0 Å². The molecule has 74 valence electrons. The molecule has 0 aliphatic heterocycles. The second kappa shape index (κ2) is 4.73. The Morgan fingerprint density at radius 1 is 1.00 bits per heavy atom. The van der Waals surface area contributed by atoms with E-state index in [0.717, 1.165) is 6.42 Å². The summed E-state index contributed by atoms with van der Waals surface area (Å²) in [5, 5.41) is 0. The monoisotopic (exact) mass is 182 g/mol. The lowest BCUT2D eigenvalue weighted by Gasteiger charge is -2.15. The number of rotatable bonds is 4. The topological polar surface area (TPSA) is 0 Å². The molecule has 12 heavy (non-hydrogen) atoms. The fourth-order valence-electron chi connectivity index (χ4n) is 0.996. The zero-order valence-corrected chi connectivity index (χ0v) is 7.91. The third-order valence-corrected chi connectivity index (χ3v) is 1.98. The summed E-state index contributed by atoms with van der Waals surface area (Å²) in [5.74, 6) is -0.637. The first-order chi connectivity index (χ1) is 5.34. The second-order valence-corrected chi connectivity index (χ2v) is 3.77. The third kappa shape index (κ3) is 5.44. The molecule has 0 saturated carbocycles. The molecule has 0 aromatic rings. The Kier molecular flexibility index (Phi) is 4.64. The minimum atomic E-state index is -4.00. The molecule has 0 aliphatic rings. The van der Waals surface area contributed by atoms with E-state index in [9.17, 15) is 13.2 Å². The van der Waals surface area contributed by atoms with E-state index in [1.165, 1.54) is 6.92 Å². The summed E-state index contributed by atoms with van der Waals surface area (Å²) in [6.45, 7) is 5.30. The van der Waals surface area contributed by atoms with Gasteiger partial charge in [-0.05, 0) is 12.3 Å². The van der Waals surface area contributed by atoms with Gasteiger partial charge in [-0.1, -0.05) is 33.6 Å². The Hall–Kier alpha value is -0.210. The molecule has 0 nitrogen and oxygen atoms in total. The van der Waals surface area contributed by atoms with Crippen LogP contribution in [0.2, 0.25) is 0 Å². The average Bonchev–Trinajstić information content (AvgIpc) is 1.84. The van der Waals surface area contributed by atoms with Gasteiger partial charge in [-0.15, -0.1) is 0 Å². The van der Waals surface area contributed by atoms with Crippen LogP contribution in [0.3, 0.4) is 0 Å². The lowest BCUT2D eigenvalue weighted by Crippen LogP contribution is -2.19. The molecule has 0 fully saturated rings. The van der Waals surface area contributed by atoms with Crippen molar-refractivity contribution in [1.82, 2.24) is 0 Å². The summed E-state index contributed by atoms with van der Waals surface area (Å²) in [5.41, 5.74) is 0. The molecular formula is C9H17F3. The summed E-state index contributed by atoms with van der Waals surface area (Å²) in [6, 6.07) is 0. The molecule has 0 amide bonds. The maximum absolute atomic E-state index is 12.0. The Morgan fingerprint density at radius 3 is 1.83 bits per heavy atom. The van der Waals surface area contributed by atoms with Gasteiger partial charge >= 0.3 is 6.18 Å². The van der Waals surface area contributed by atoms with E-state index < -0.39 is 12.1 Å². The van der Waals surface area contributed by atoms with E-state index in [0.29, 0.717) is 12.3 Å². The number of alkyl halides is 3. The molecule has 0 aromatic carbocycles. The zero-order chi connectivity index (χ0) is 9.78. The summed E-state index contributed by atoms with van der Waals surface area (Å²) in [6.07, 6.45) is -2.17. The minimum absolute atomic E-state index is 0.266. The molecule has 0 spiro atoms. The van der Waals surface area contributed by atoms with Gasteiger partial charge in [-0.25, -0.2) is 0 Å². The van der Waals surface area contributed by atoms with E-state index in [1.54, 1.807) is 0 Å². The molecule has 0 rings (SSSR count). The lowest BCUT2D eigenvalue weighted by molar-refractivity contribution is -0.171. The van der Waals surface area contributed by atoms with Gasteiger partial charge < -0.3 is 0 Å². The van der Waals surface area contributed by atoms with Crippen molar-refractivity contribution >= 4 is 0 Å². The first kappa shape index (κ1) is 11.8. The first-order valence-electron chi connectivity index (χ1n) is 4.40. The van der Waals surface area contributed by atoms with Gasteiger partial charge in [-0.2, -0.15) is 13.2 Å². The highest BCUT2D eigenvalue weighted by Gasteiger charge is 2.34. The van der Waals surface area contributed by atoms with Crippen molar-refractivity contribution < 1.29 is 13.2 Å². The van der Waals surface area contributed by atoms with Crippen LogP contribution in [0.15, 0.2) is 0 Å². The van der Waals surface area contributed by atoms with E-state index in [1.807, 2.05) is 13.8 Å². The molecule has 0 bridgehead atoms. The van der Waals surface area contributed by atoms with Crippen molar-refractivity contribution in [2.45, 2.75) is 46.2 Å². The lowest BCUT2D eigenvalue weighted by atomic mass is 9.99. The van der Waals surface area contributed by atoms with Crippen molar-refractivity contribution in [3.8, 4) is 0 Å². The number of hydrogen-bond acceptors (Lipinski definition) is 0. The Labute approximate surface area is 72.2 Å². The average molecular weight is 182 g/mol. The fraction of sp³-hybridized carbons (Fsp3) is 1.00. The van der Waals surface area contributed by atoms with Crippen LogP contribution in [0, 0.1) is 11.8 Å². The van der Waals surface area contributed by atoms with Gasteiger partial charge in [0.15, 0.2) is 0 Å². The van der Waals surface area contributed by atoms with Gasteiger partial charge in [0.25, 0.3) is 0 Å². The first-order valence-corrected chi connectivity index (χ1v) is 4.40. The highest BCUT2D eigenvalue weighted by Crippen LogP contribution is 2.29. The largest absolute Gasteiger partial charge is 0.391 e. The van der Waals surface area contributed by atoms with E-state index >= 15 is 0 Å². The Morgan fingerprint density at radius 2 is 1.50 bits per heavy atom. The SMILES string of the molecule is CC(C)CCCC(C)C(F)(F)F. The van der Waals surface area contributed by atoms with Gasteiger partial charge in [0.2, 0.25) is 0 Å². The summed E-state index contributed by atoms with van der Waals surface area (Å²) < 4.78 is 35.9. The maximum Gasteiger partial charge on any atom is 0.391 e. The fourth-order valence-corrected chi connectivity index (χ4v) is 0.996. The quantitative estimate of drug-likeness (QED) is 0.616. The predicted octanol–water partition coefficient (Wildman–Crippen LogP) is 4.01. The van der Waals surface area contributed by atoms with Gasteiger partial charge in [-0.3, -0.25) is 0 Å². The highest BCUT2D eigenvalue weighted by molar-refractivity contribution is 4.62. The van der Waals surface area contributed by atoms with Crippen LogP contribution in [0.1, 0.15) is 40.0 Å². The summed E-state index contributed by atoms with van der Waals surface area (Å²) in [7, 11) is 0. The molecule has 0 heterocycles. The molecule has 0 aliphatic carbocycles. The molecule has 1 atom stereocenters. The second-order valence-electron chi connectivity index (χ2n) is 3.77. The van der Waals surface area contributed by atoms with Gasteiger partial charge in [0, 0.05) is 0 Å². The molecule has 0 saturated heterocycles. The van der Waals surface area contributed by atoms with Crippen LogP contribution in [0.4, 0.5) is 13.2 Å². The number of hydrogen-bond donors (Lipinski definition) is 0. The van der Waals surface area contributed by atoms with E-state index in [-0.39, 0.29) is 6.42 Å². The standard InChI is InChI=1S/C9H17F3/c1-7(2)5-4-6-8(3)9(10,11)12/h7-8H,4-6H2,1-3H3. The van der Waals surface area contributed by atoms with Gasteiger partial charge in [0.1, 0.15) is 0 Å². The smallest absolute Gasteiger partial charge is 0.171 e. The van der Waals surface area contributed by atoms with Crippen molar-refractivity contribution in [2.24, 2.45) is 11.8 Å². The van der Waals surface area contributed by atoms with E-state index in [4.69, 9.17) is 0 Å². The van der Waals surface area contributed by atoms with Crippen LogP contribution in [-0.4, -0.2) is 6.18 Å². The highest BCUT2D eigenvalue weighted by atomic mass is 19.4. The van der Waals surface area contributed by atoms with Crippen LogP contribution < -0.4 is 0 Å². The minimum Gasteiger partial charge on any atom is -0.171 e. The Balaban J connectivity index is 3.51. The summed E-state index contributed by atoms with van der Waals surface area (Å²) >= 11 is 0. The van der Waals surface area contributed by atoms with Crippen LogP contribution in [-0.2, 0) is 0 Å². The maximum atomic E-state index is 12.0. The van der Waals surface area contributed by atoms with Gasteiger partial charge in [0.05, 0.1) is 5.92 Å².